The molecule has 0 atom stereocenters. The Kier molecular flexibility index (Phi) is 5.91. The maximum Gasteiger partial charge on any atom is 0.338 e. The Balaban J connectivity index is 1.86. The second kappa shape index (κ2) is 8.40. The second-order valence-corrected chi connectivity index (χ2v) is 8.22. The van der Waals surface area contributed by atoms with Gasteiger partial charge in [0.05, 0.1) is 18.4 Å². The first-order chi connectivity index (χ1) is 14.2. The number of halogens is 1. The summed E-state index contributed by atoms with van der Waals surface area (Å²) < 4.78 is 46.2. The van der Waals surface area contributed by atoms with Crippen molar-refractivity contribution in [3.8, 4) is 23.3 Å². The molecule has 1 heterocycles. The largest absolute Gasteiger partial charge is 0.508 e. The molecule has 3 rings (SSSR count). The van der Waals surface area contributed by atoms with Gasteiger partial charge in [-0.1, -0.05) is 5.92 Å². The quantitative estimate of drug-likeness (QED) is 0.513. The fourth-order valence-corrected chi connectivity index (χ4v) is 4.27. The molecule has 154 valence electrons. The summed E-state index contributed by atoms with van der Waals surface area (Å²) in [7, 11) is -3.02. The Bertz CT molecular complexity index is 1270. The van der Waals surface area contributed by atoms with Gasteiger partial charge in [-0.3, -0.25) is 4.72 Å². The number of nitrogens with one attached hydrogen (secondary N) is 1. The van der Waals surface area contributed by atoms with Crippen LogP contribution in [0.4, 0.5) is 10.1 Å². The molecule has 30 heavy (non-hydrogen) atoms. The molecule has 11 heteroatoms. The van der Waals surface area contributed by atoms with Crippen molar-refractivity contribution in [2.45, 2.75) is 5.03 Å². The number of methoxy groups -OCH3 is 1. The third-order valence-electron chi connectivity index (χ3n) is 3.70. The molecule has 3 N–H and O–H groups in total. The number of aromatic carboxylic acids is 1. The van der Waals surface area contributed by atoms with Crippen LogP contribution in [0.25, 0.3) is 0 Å². The number of phenols is 1. The summed E-state index contributed by atoms with van der Waals surface area (Å²) in [5, 5.41) is 19.4. The van der Waals surface area contributed by atoms with Crippen LogP contribution in [0, 0.1) is 17.7 Å². The number of rotatable bonds is 5. The highest BCUT2D eigenvalue weighted by Crippen LogP contribution is 2.30. The van der Waals surface area contributed by atoms with Crippen molar-refractivity contribution < 1.29 is 32.6 Å². The van der Waals surface area contributed by atoms with E-state index in [1.807, 2.05) is 0 Å². The van der Waals surface area contributed by atoms with E-state index >= 15 is 0 Å². The summed E-state index contributed by atoms with van der Waals surface area (Å²) in [6.45, 7) is 0. The lowest BCUT2D eigenvalue weighted by Gasteiger charge is -2.12. The number of carboxylic acid groups (broad SMARTS) is 1. The summed E-state index contributed by atoms with van der Waals surface area (Å²) >= 11 is 0.993. The Hall–Kier alpha value is -3.62. The number of aromatic hydroxyl groups is 1. The number of ether oxygens (including phenoxy) is 1. The number of hydrogen-bond acceptors (Lipinski definition) is 7. The van der Waals surface area contributed by atoms with Gasteiger partial charge in [-0.2, -0.15) is 8.42 Å². The van der Waals surface area contributed by atoms with Gasteiger partial charge in [0.1, 0.15) is 17.3 Å². The Labute approximate surface area is 174 Å². The SMILES string of the molecule is COc1cc(C(=O)O)c(F)cc1NS(=O)(=O)c1csc(C#Cc2ccc(O)cc2)n1. The highest BCUT2D eigenvalue weighted by Gasteiger charge is 2.22. The molecule has 0 fully saturated rings. The van der Waals surface area contributed by atoms with E-state index in [0.717, 1.165) is 23.5 Å². The van der Waals surface area contributed by atoms with Crippen molar-refractivity contribution >= 4 is 33.0 Å². The number of nitrogens with zero attached hydrogens (tertiary/aromatic N) is 1. The van der Waals surface area contributed by atoms with Gasteiger partial charge < -0.3 is 14.9 Å². The average Bonchev–Trinajstić information content (AvgIpc) is 3.17. The van der Waals surface area contributed by atoms with Crippen LogP contribution < -0.4 is 9.46 Å². The predicted octanol–water partition coefficient (Wildman–Crippen LogP) is 2.90. The Morgan fingerprint density at radius 2 is 1.93 bits per heavy atom. The number of anilines is 1. The highest BCUT2D eigenvalue weighted by atomic mass is 32.2. The molecule has 8 nitrogen and oxygen atoms in total. The molecule has 0 aliphatic rings. The molecule has 0 bridgehead atoms. The molecule has 3 aromatic rings. The third kappa shape index (κ3) is 4.68. The van der Waals surface area contributed by atoms with Gasteiger partial charge in [0.2, 0.25) is 0 Å². The minimum absolute atomic E-state index is 0.0949. The zero-order valence-electron chi connectivity index (χ0n) is 15.2. The Morgan fingerprint density at radius 3 is 2.57 bits per heavy atom. The van der Waals surface area contributed by atoms with Gasteiger partial charge in [0, 0.05) is 17.0 Å². The van der Waals surface area contributed by atoms with Gasteiger partial charge in [-0.25, -0.2) is 14.2 Å². The lowest BCUT2D eigenvalue weighted by molar-refractivity contribution is 0.0691. The first-order valence-electron chi connectivity index (χ1n) is 8.10. The summed E-state index contributed by atoms with van der Waals surface area (Å²) in [5.74, 6) is 2.80. The normalized spacial score (nSPS) is 10.7. The van der Waals surface area contributed by atoms with Crippen LogP contribution in [0.3, 0.4) is 0 Å². The van der Waals surface area contributed by atoms with Crippen LogP contribution in [0.15, 0.2) is 46.8 Å². The molecule has 0 aliphatic heterocycles. The third-order valence-corrected chi connectivity index (χ3v) is 5.86. The van der Waals surface area contributed by atoms with E-state index in [0.29, 0.717) is 5.56 Å². The monoisotopic (exact) mass is 448 g/mol. The summed E-state index contributed by atoms with van der Waals surface area (Å²) in [6.07, 6.45) is 0. The molecule has 0 aliphatic carbocycles. The minimum atomic E-state index is -4.21. The van der Waals surface area contributed by atoms with Gasteiger partial charge in [-0.15, -0.1) is 11.3 Å². The van der Waals surface area contributed by atoms with Crippen molar-refractivity contribution in [2.24, 2.45) is 0 Å². The fourth-order valence-electron chi connectivity index (χ4n) is 2.27. The number of hydrogen-bond donors (Lipinski definition) is 3. The number of carbonyl (C=O) groups is 1. The molecule has 0 saturated carbocycles. The van der Waals surface area contributed by atoms with Crippen molar-refractivity contribution in [3.05, 3.63) is 63.7 Å². The van der Waals surface area contributed by atoms with Crippen LogP contribution in [0.2, 0.25) is 0 Å². The van der Waals surface area contributed by atoms with Crippen LogP contribution >= 0.6 is 11.3 Å². The van der Waals surface area contributed by atoms with Crippen molar-refractivity contribution in [1.29, 1.82) is 0 Å². The maximum absolute atomic E-state index is 14.0. The van der Waals surface area contributed by atoms with Crippen LogP contribution in [-0.2, 0) is 10.0 Å². The number of benzene rings is 2. The first kappa shape index (κ1) is 21.1. The van der Waals surface area contributed by atoms with Crippen molar-refractivity contribution in [3.63, 3.8) is 0 Å². The number of aromatic nitrogens is 1. The molecule has 2 aromatic carbocycles. The molecule has 0 spiro atoms. The summed E-state index contributed by atoms with van der Waals surface area (Å²) in [5.41, 5.74) is -0.329. The smallest absolute Gasteiger partial charge is 0.338 e. The van der Waals surface area contributed by atoms with E-state index in [9.17, 15) is 22.7 Å². The van der Waals surface area contributed by atoms with Gasteiger partial charge in [0.25, 0.3) is 10.0 Å². The number of thiazole rings is 1. The summed E-state index contributed by atoms with van der Waals surface area (Å²) in [6, 6.07) is 7.72. The predicted molar refractivity (Wildman–Crippen MR) is 107 cm³/mol. The molecular formula is C19H13FN2O6S2. The lowest BCUT2D eigenvalue weighted by Crippen LogP contribution is -2.15. The van der Waals surface area contributed by atoms with E-state index in [1.54, 1.807) is 12.1 Å². The van der Waals surface area contributed by atoms with E-state index < -0.39 is 27.4 Å². The van der Waals surface area contributed by atoms with E-state index in [4.69, 9.17) is 9.84 Å². The summed E-state index contributed by atoms with van der Waals surface area (Å²) in [4.78, 5) is 15.0. The van der Waals surface area contributed by atoms with E-state index in [1.165, 1.54) is 24.6 Å². The van der Waals surface area contributed by atoms with Gasteiger partial charge >= 0.3 is 5.97 Å². The molecule has 0 amide bonds. The molecular weight excluding hydrogens is 435 g/mol. The number of sulfonamides is 1. The zero-order valence-corrected chi connectivity index (χ0v) is 16.8. The maximum atomic E-state index is 14.0. The number of phenolic OH excluding ortho intramolecular Hbond substituents is 1. The second-order valence-electron chi connectivity index (χ2n) is 5.73. The molecule has 1 aromatic heterocycles. The van der Waals surface area contributed by atoms with Crippen LogP contribution in [-0.4, -0.2) is 36.7 Å². The van der Waals surface area contributed by atoms with Crippen molar-refractivity contribution in [2.75, 3.05) is 11.8 Å². The van der Waals surface area contributed by atoms with E-state index in [-0.39, 0.29) is 27.2 Å². The van der Waals surface area contributed by atoms with Gasteiger partial charge in [-0.05, 0) is 36.3 Å². The topological polar surface area (TPSA) is 126 Å². The average molecular weight is 448 g/mol. The Morgan fingerprint density at radius 1 is 1.23 bits per heavy atom. The van der Waals surface area contributed by atoms with Crippen molar-refractivity contribution in [1.82, 2.24) is 4.98 Å². The molecule has 0 unspecified atom stereocenters. The van der Waals surface area contributed by atoms with E-state index in [2.05, 4.69) is 21.5 Å². The fraction of sp³-hybridized carbons (Fsp3) is 0.0526. The standard InChI is InChI=1S/C19H13FN2O6S2/c1-28-16-8-13(19(24)25)14(20)9-15(16)22-30(26,27)18-10-29-17(21-18)7-4-11-2-5-12(23)6-3-11/h2-3,5-6,8-10,22-23H,1H3,(H,24,25). The highest BCUT2D eigenvalue weighted by molar-refractivity contribution is 7.92. The number of carboxylic acids is 1. The van der Waals surface area contributed by atoms with Gasteiger partial charge in [0.15, 0.2) is 10.0 Å². The molecule has 0 saturated heterocycles. The first-order valence-corrected chi connectivity index (χ1v) is 10.5. The van der Waals surface area contributed by atoms with Crippen LogP contribution in [0.1, 0.15) is 20.9 Å². The lowest BCUT2D eigenvalue weighted by atomic mass is 10.2. The molecule has 0 radical (unpaired) electrons. The van der Waals surface area contributed by atoms with Crippen LogP contribution in [0.5, 0.6) is 11.5 Å². The zero-order chi connectivity index (χ0) is 21.9. The minimum Gasteiger partial charge on any atom is -0.508 e.